The lowest BCUT2D eigenvalue weighted by Gasteiger charge is -2.03. The summed E-state index contributed by atoms with van der Waals surface area (Å²) in [7, 11) is 0. The summed E-state index contributed by atoms with van der Waals surface area (Å²) in [5.41, 5.74) is 0.876. The van der Waals surface area contributed by atoms with Crippen molar-refractivity contribution in [3.63, 3.8) is 0 Å². The van der Waals surface area contributed by atoms with Gasteiger partial charge in [0.05, 0.1) is 5.56 Å². The van der Waals surface area contributed by atoms with Crippen LogP contribution < -0.4 is 5.32 Å². The van der Waals surface area contributed by atoms with Crippen LogP contribution in [-0.4, -0.2) is 10.9 Å². The normalized spacial score (nSPS) is 10.1. The standard InChI is InChI=1S/C11H9FN2OS/c1-7-2-3-9(12)8(6-7)10(15)14-11-13-4-5-16-11/h2-6H,1H3,(H,13,14,15). The maximum atomic E-state index is 13.4. The molecule has 0 aliphatic heterocycles. The molecule has 0 saturated heterocycles. The third kappa shape index (κ3) is 2.25. The van der Waals surface area contributed by atoms with E-state index < -0.39 is 11.7 Å². The number of nitrogens with zero attached hydrogens (tertiary/aromatic N) is 1. The van der Waals surface area contributed by atoms with Crippen LogP contribution in [0.15, 0.2) is 29.8 Å². The number of amides is 1. The Hall–Kier alpha value is -1.75. The predicted molar refractivity (Wildman–Crippen MR) is 61.2 cm³/mol. The van der Waals surface area contributed by atoms with Crippen molar-refractivity contribution >= 4 is 22.4 Å². The van der Waals surface area contributed by atoms with Crippen LogP contribution in [0.2, 0.25) is 0 Å². The van der Waals surface area contributed by atoms with Crippen molar-refractivity contribution in [2.75, 3.05) is 5.32 Å². The fraction of sp³-hybridized carbons (Fsp3) is 0.0909. The number of aryl methyl sites for hydroxylation is 1. The Balaban J connectivity index is 2.24. The third-order valence-corrected chi connectivity index (χ3v) is 2.71. The Bertz CT molecular complexity index is 511. The van der Waals surface area contributed by atoms with E-state index in [4.69, 9.17) is 0 Å². The van der Waals surface area contributed by atoms with E-state index in [0.29, 0.717) is 5.13 Å². The molecule has 1 heterocycles. The average Bonchev–Trinajstić information content (AvgIpc) is 2.74. The number of aromatic nitrogens is 1. The van der Waals surface area contributed by atoms with Crippen molar-refractivity contribution in [2.45, 2.75) is 6.92 Å². The van der Waals surface area contributed by atoms with Crippen molar-refractivity contribution in [1.29, 1.82) is 0 Å². The molecule has 2 aromatic rings. The zero-order valence-corrected chi connectivity index (χ0v) is 9.34. The van der Waals surface area contributed by atoms with Crippen molar-refractivity contribution < 1.29 is 9.18 Å². The first-order chi connectivity index (χ1) is 7.66. The van der Waals surface area contributed by atoms with Crippen molar-refractivity contribution in [3.05, 3.63) is 46.7 Å². The van der Waals surface area contributed by atoms with Gasteiger partial charge in [0.25, 0.3) is 5.91 Å². The molecule has 1 aromatic carbocycles. The quantitative estimate of drug-likeness (QED) is 0.871. The van der Waals surface area contributed by atoms with Crippen LogP contribution in [0, 0.1) is 12.7 Å². The van der Waals surface area contributed by atoms with Gasteiger partial charge in [-0.3, -0.25) is 10.1 Å². The molecule has 1 aromatic heterocycles. The largest absolute Gasteiger partial charge is 0.298 e. The number of anilines is 1. The minimum atomic E-state index is -0.528. The topological polar surface area (TPSA) is 42.0 Å². The zero-order valence-electron chi connectivity index (χ0n) is 8.53. The summed E-state index contributed by atoms with van der Waals surface area (Å²) in [5.74, 6) is -1.00. The number of thiazole rings is 1. The lowest BCUT2D eigenvalue weighted by Crippen LogP contribution is -2.13. The van der Waals surface area contributed by atoms with E-state index >= 15 is 0 Å². The van der Waals surface area contributed by atoms with Crippen LogP contribution in [0.4, 0.5) is 9.52 Å². The Kier molecular flexibility index (Phi) is 2.96. The molecule has 0 aliphatic carbocycles. The van der Waals surface area contributed by atoms with Gasteiger partial charge < -0.3 is 0 Å². The fourth-order valence-corrected chi connectivity index (χ4v) is 1.79. The molecule has 0 atom stereocenters. The van der Waals surface area contributed by atoms with Crippen molar-refractivity contribution in [2.24, 2.45) is 0 Å². The van der Waals surface area contributed by atoms with Gasteiger partial charge in [0, 0.05) is 11.6 Å². The van der Waals surface area contributed by atoms with Gasteiger partial charge in [0.2, 0.25) is 0 Å². The minimum absolute atomic E-state index is 0.0372. The second-order valence-corrected chi connectivity index (χ2v) is 4.17. The highest BCUT2D eigenvalue weighted by Gasteiger charge is 2.12. The molecule has 16 heavy (non-hydrogen) atoms. The predicted octanol–water partition coefficient (Wildman–Crippen LogP) is 2.84. The molecular weight excluding hydrogens is 227 g/mol. The highest BCUT2D eigenvalue weighted by Crippen LogP contribution is 2.15. The first-order valence-corrected chi connectivity index (χ1v) is 5.52. The average molecular weight is 236 g/mol. The van der Waals surface area contributed by atoms with Crippen molar-refractivity contribution in [1.82, 2.24) is 4.98 Å². The van der Waals surface area contributed by atoms with Crippen LogP contribution in [0.5, 0.6) is 0 Å². The SMILES string of the molecule is Cc1ccc(F)c(C(=O)Nc2nccs2)c1. The highest BCUT2D eigenvalue weighted by molar-refractivity contribution is 7.13. The minimum Gasteiger partial charge on any atom is -0.298 e. The summed E-state index contributed by atoms with van der Waals surface area (Å²) in [5, 5.41) is 4.74. The monoisotopic (exact) mass is 236 g/mol. The molecular formula is C11H9FN2OS. The second-order valence-electron chi connectivity index (χ2n) is 3.27. The van der Waals surface area contributed by atoms with Crippen LogP contribution in [0.1, 0.15) is 15.9 Å². The smallest absolute Gasteiger partial charge is 0.260 e. The molecule has 3 nitrogen and oxygen atoms in total. The van der Waals surface area contributed by atoms with Crippen molar-refractivity contribution in [3.8, 4) is 0 Å². The molecule has 1 N–H and O–H groups in total. The molecule has 1 amide bonds. The molecule has 0 aliphatic rings. The van der Waals surface area contributed by atoms with Crippen LogP contribution in [0.25, 0.3) is 0 Å². The van der Waals surface area contributed by atoms with Crippen LogP contribution >= 0.6 is 11.3 Å². The third-order valence-electron chi connectivity index (χ3n) is 2.02. The summed E-state index contributed by atoms with van der Waals surface area (Å²) in [6.07, 6.45) is 1.58. The first-order valence-electron chi connectivity index (χ1n) is 4.64. The zero-order chi connectivity index (χ0) is 11.5. The molecule has 5 heteroatoms. The Morgan fingerprint density at radius 2 is 2.31 bits per heavy atom. The van der Waals surface area contributed by atoms with E-state index in [0.717, 1.165) is 5.56 Å². The molecule has 0 fully saturated rings. The number of benzene rings is 1. The molecule has 0 spiro atoms. The maximum absolute atomic E-state index is 13.4. The highest BCUT2D eigenvalue weighted by atomic mass is 32.1. The van der Waals surface area contributed by atoms with E-state index in [1.165, 1.54) is 23.5 Å². The Morgan fingerprint density at radius 3 is 3.00 bits per heavy atom. The number of hydrogen-bond donors (Lipinski definition) is 1. The summed E-state index contributed by atoms with van der Waals surface area (Å²) in [6, 6.07) is 4.42. The lowest BCUT2D eigenvalue weighted by molar-refractivity contribution is 0.102. The van der Waals surface area contributed by atoms with E-state index in [1.807, 2.05) is 0 Å². The Morgan fingerprint density at radius 1 is 1.50 bits per heavy atom. The lowest BCUT2D eigenvalue weighted by atomic mass is 10.1. The molecule has 0 bridgehead atoms. The van der Waals surface area contributed by atoms with Gasteiger partial charge in [-0.2, -0.15) is 0 Å². The molecule has 2 rings (SSSR count). The molecule has 0 unspecified atom stereocenters. The second kappa shape index (κ2) is 4.40. The number of halogens is 1. The molecule has 0 radical (unpaired) electrons. The summed E-state index contributed by atoms with van der Waals surface area (Å²) >= 11 is 1.29. The number of rotatable bonds is 2. The van der Waals surface area contributed by atoms with Gasteiger partial charge in [-0.15, -0.1) is 11.3 Å². The van der Waals surface area contributed by atoms with E-state index in [1.54, 1.807) is 24.6 Å². The number of carbonyl (C=O) groups excluding carboxylic acids is 1. The molecule has 0 saturated carbocycles. The van der Waals surface area contributed by atoms with Crippen LogP contribution in [0.3, 0.4) is 0 Å². The number of hydrogen-bond acceptors (Lipinski definition) is 3. The van der Waals surface area contributed by atoms with Gasteiger partial charge in [-0.05, 0) is 19.1 Å². The van der Waals surface area contributed by atoms with Gasteiger partial charge in [0.1, 0.15) is 5.82 Å². The van der Waals surface area contributed by atoms with Gasteiger partial charge in [0.15, 0.2) is 5.13 Å². The summed E-state index contributed by atoms with van der Waals surface area (Å²) in [4.78, 5) is 15.6. The summed E-state index contributed by atoms with van der Waals surface area (Å²) in [6.45, 7) is 1.81. The first kappa shape index (κ1) is 10.8. The van der Waals surface area contributed by atoms with Gasteiger partial charge in [-0.25, -0.2) is 9.37 Å². The number of nitrogens with one attached hydrogen (secondary N) is 1. The Labute approximate surface area is 96.0 Å². The van der Waals surface area contributed by atoms with Crippen LogP contribution in [-0.2, 0) is 0 Å². The van der Waals surface area contributed by atoms with E-state index in [2.05, 4.69) is 10.3 Å². The number of carbonyl (C=O) groups is 1. The van der Waals surface area contributed by atoms with E-state index in [-0.39, 0.29) is 5.56 Å². The van der Waals surface area contributed by atoms with E-state index in [9.17, 15) is 9.18 Å². The van der Waals surface area contributed by atoms with Gasteiger partial charge in [-0.1, -0.05) is 11.6 Å². The summed E-state index contributed by atoms with van der Waals surface area (Å²) < 4.78 is 13.4. The fourth-order valence-electron chi connectivity index (χ4n) is 1.26. The molecule has 82 valence electrons. The maximum Gasteiger partial charge on any atom is 0.260 e. The van der Waals surface area contributed by atoms with Gasteiger partial charge >= 0.3 is 0 Å².